The van der Waals surface area contributed by atoms with E-state index in [-0.39, 0.29) is 0 Å². The Labute approximate surface area is 117 Å². The molecule has 0 heterocycles. The summed E-state index contributed by atoms with van der Waals surface area (Å²) in [5.41, 5.74) is 2.34. The first-order chi connectivity index (χ1) is 9.60. The van der Waals surface area contributed by atoms with Crippen LogP contribution in [0.2, 0.25) is 0 Å². The van der Waals surface area contributed by atoms with Gasteiger partial charge >= 0.3 is 0 Å². The maximum absolute atomic E-state index is 13.5. The maximum atomic E-state index is 13.5. The zero-order valence-electron chi connectivity index (χ0n) is 11.5. The largest absolute Gasteiger partial charge is 0.494 e. The number of hydrogen-bond acceptors (Lipinski definition) is 2. The van der Waals surface area contributed by atoms with E-state index in [0.717, 1.165) is 23.1 Å². The van der Waals surface area contributed by atoms with E-state index in [1.54, 1.807) is 0 Å². The molecular formula is C16H17F2NO. The summed E-state index contributed by atoms with van der Waals surface area (Å²) in [6.07, 6.45) is 0. The van der Waals surface area contributed by atoms with Gasteiger partial charge in [-0.1, -0.05) is 6.07 Å². The number of nitrogens with one attached hydrogen (secondary N) is 1. The average Bonchev–Trinajstić information content (AvgIpc) is 2.40. The van der Waals surface area contributed by atoms with E-state index in [1.165, 1.54) is 12.1 Å². The molecule has 2 aromatic carbocycles. The summed E-state index contributed by atoms with van der Waals surface area (Å²) in [6, 6.07) is 9.27. The van der Waals surface area contributed by atoms with Crippen LogP contribution in [0, 0.1) is 18.6 Å². The number of benzene rings is 2. The van der Waals surface area contributed by atoms with Crippen molar-refractivity contribution < 1.29 is 13.5 Å². The minimum Gasteiger partial charge on any atom is -0.494 e. The van der Waals surface area contributed by atoms with E-state index in [0.29, 0.717) is 18.7 Å². The Bertz CT molecular complexity index is 599. The number of rotatable bonds is 5. The van der Waals surface area contributed by atoms with Gasteiger partial charge in [-0.2, -0.15) is 0 Å². The van der Waals surface area contributed by atoms with Crippen molar-refractivity contribution in [2.75, 3.05) is 11.9 Å². The van der Waals surface area contributed by atoms with Crippen molar-refractivity contribution in [2.24, 2.45) is 0 Å². The topological polar surface area (TPSA) is 21.3 Å². The Kier molecular flexibility index (Phi) is 4.56. The highest BCUT2D eigenvalue weighted by Gasteiger charge is 2.05. The van der Waals surface area contributed by atoms with Gasteiger partial charge in [0, 0.05) is 23.9 Å². The van der Waals surface area contributed by atoms with E-state index in [2.05, 4.69) is 5.32 Å². The van der Waals surface area contributed by atoms with Crippen LogP contribution < -0.4 is 10.1 Å². The van der Waals surface area contributed by atoms with Crippen LogP contribution in [-0.2, 0) is 6.54 Å². The van der Waals surface area contributed by atoms with Crippen LogP contribution >= 0.6 is 0 Å². The highest BCUT2D eigenvalue weighted by molar-refractivity contribution is 5.53. The van der Waals surface area contributed by atoms with Gasteiger partial charge in [-0.15, -0.1) is 0 Å². The van der Waals surface area contributed by atoms with Gasteiger partial charge in [-0.3, -0.25) is 0 Å². The molecule has 0 bridgehead atoms. The molecule has 106 valence electrons. The van der Waals surface area contributed by atoms with E-state index in [9.17, 15) is 8.78 Å². The lowest BCUT2D eigenvalue weighted by Gasteiger charge is -2.12. The van der Waals surface area contributed by atoms with Gasteiger partial charge in [0.05, 0.1) is 6.61 Å². The molecule has 1 N–H and O–H groups in total. The Balaban J connectivity index is 2.07. The first-order valence-electron chi connectivity index (χ1n) is 6.51. The summed E-state index contributed by atoms with van der Waals surface area (Å²) in [6.45, 7) is 4.80. The van der Waals surface area contributed by atoms with Crippen molar-refractivity contribution in [1.82, 2.24) is 0 Å². The molecule has 0 saturated heterocycles. The van der Waals surface area contributed by atoms with Gasteiger partial charge in [0.15, 0.2) is 0 Å². The van der Waals surface area contributed by atoms with Crippen LogP contribution in [0.4, 0.5) is 14.5 Å². The summed E-state index contributed by atoms with van der Waals surface area (Å²) >= 11 is 0. The van der Waals surface area contributed by atoms with E-state index < -0.39 is 11.6 Å². The first-order valence-corrected chi connectivity index (χ1v) is 6.51. The van der Waals surface area contributed by atoms with Crippen molar-refractivity contribution in [3.63, 3.8) is 0 Å². The minimum absolute atomic E-state index is 0.306. The molecule has 4 heteroatoms. The standard InChI is InChI=1S/C16H17F2NO/c1-3-20-14-6-7-16(11(2)8-14)19-10-12-4-5-13(17)9-15(12)18/h4-9,19H,3,10H2,1-2H3. The van der Waals surface area contributed by atoms with Gasteiger partial charge in [0.1, 0.15) is 17.4 Å². The first kappa shape index (κ1) is 14.3. The van der Waals surface area contributed by atoms with Gasteiger partial charge < -0.3 is 10.1 Å². The predicted molar refractivity (Wildman–Crippen MR) is 76.0 cm³/mol. The summed E-state index contributed by atoms with van der Waals surface area (Å²) < 4.78 is 31.7. The van der Waals surface area contributed by atoms with Crippen LogP contribution in [0.5, 0.6) is 5.75 Å². The zero-order valence-corrected chi connectivity index (χ0v) is 11.5. The van der Waals surface area contributed by atoms with Crippen LogP contribution in [0.25, 0.3) is 0 Å². The molecule has 0 amide bonds. The molecule has 2 nitrogen and oxygen atoms in total. The predicted octanol–water partition coefficient (Wildman–Crippen LogP) is 4.28. The van der Waals surface area contributed by atoms with Gasteiger partial charge in [-0.25, -0.2) is 8.78 Å². The molecule has 2 rings (SSSR count). The second-order valence-electron chi connectivity index (χ2n) is 4.50. The average molecular weight is 277 g/mol. The van der Waals surface area contributed by atoms with E-state index >= 15 is 0 Å². The fourth-order valence-electron chi connectivity index (χ4n) is 1.95. The monoisotopic (exact) mass is 277 g/mol. The highest BCUT2D eigenvalue weighted by Crippen LogP contribution is 2.22. The summed E-state index contributed by atoms with van der Waals surface area (Å²) in [5, 5.41) is 3.14. The molecule has 0 aliphatic carbocycles. The molecule has 0 unspecified atom stereocenters. The summed E-state index contributed by atoms with van der Waals surface area (Å²) in [5.74, 6) is -0.298. The lowest BCUT2D eigenvalue weighted by molar-refractivity contribution is 0.340. The molecule has 0 saturated carbocycles. The molecular weight excluding hydrogens is 260 g/mol. The lowest BCUT2D eigenvalue weighted by atomic mass is 10.1. The van der Waals surface area contributed by atoms with E-state index in [1.807, 2.05) is 32.0 Å². The number of hydrogen-bond donors (Lipinski definition) is 1. The molecule has 20 heavy (non-hydrogen) atoms. The maximum Gasteiger partial charge on any atom is 0.131 e. The third-order valence-corrected chi connectivity index (χ3v) is 2.99. The Hall–Kier alpha value is -2.10. The Morgan fingerprint density at radius 1 is 1.10 bits per heavy atom. The number of aryl methyl sites for hydroxylation is 1. The van der Waals surface area contributed by atoms with Gasteiger partial charge in [0.25, 0.3) is 0 Å². The zero-order chi connectivity index (χ0) is 14.5. The fourth-order valence-corrected chi connectivity index (χ4v) is 1.95. The molecule has 0 aliphatic rings. The molecule has 2 aromatic rings. The van der Waals surface area contributed by atoms with Crippen LogP contribution in [-0.4, -0.2) is 6.61 Å². The second-order valence-corrected chi connectivity index (χ2v) is 4.50. The van der Waals surface area contributed by atoms with Crippen molar-refractivity contribution >= 4 is 5.69 Å². The van der Waals surface area contributed by atoms with Gasteiger partial charge in [-0.05, 0) is 43.7 Å². The normalized spacial score (nSPS) is 10.4. The van der Waals surface area contributed by atoms with Crippen LogP contribution in [0.3, 0.4) is 0 Å². The summed E-state index contributed by atoms with van der Waals surface area (Å²) in [7, 11) is 0. The molecule has 0 radical (unpaired) electrons. The molecule has 0 aliphatic heterocycles. The lowest BCUT2D eigenvalue weighted by Crippen LogP contribution is -2.03. The third kappa shape index (κ3) is 3.47. The van der Waals surface area contributed by atoms with Crippen molar-refractivity contribution in [1.29, 1.82) is 0 Å². The van der Waals surface area contributed by atoms with Crippen molar-refractivity contribution in [3.05, 3.63) is 59.2 Å². The smallest absolute Gasteiger partial charge is 0.131 e. The summed E-state index contributed by atoms with van der Waals surface area (Å²) in [4.78, 5) is 0. The number of anilines is 1. The quantitative estimate of drug-likeness (QED) is 0.880. The minimum atomic E-state index is -0.566. The molecule has 0 spiro atoms. The second kappa shape index (κ2) is 6.37. The molecule has 0 fully saturated rings. The Morgan fingerprint density at radius 3 is 2.55 bits per heavy atom. The van der Waals surface area contributed by atoms with Crippen molar-refractivity contribution in [2.45, 2.75) is 20.4 Å². The Morgan fingerprint density at radius 2 is 1.90 bits per heavy atom. The van der Waals surface area contributed by atoms with Crippen LogP contribution in [0.1, 0.15) is 18.1 Å². The molecule has 0 aromatic heterocycles. The fraction of sp³-hybridized carbons (Fsp3) is 0.250. The third-order valence-electron chi connectivity index (χ3n) is 2.99. The van der Waals surface area contributed by atoms with Gasteiger partial charge in [0.2, 0.25) is 0 Å². The van der Waals surface area contributed by atoms with Crippen LogP contribution in [0.15, 0.2) is 36.4 Å². The SMILES string of the molecule is CCOc1ccc(NCc2ccc(F)cc2F)c(C)c1. The van der Waals surface area contributed by atoms with Crippen molar-refractivity contribution in [3.8, 4) is 5.75 Å². The molecule has 0 atom stereocenters. The number of halogens is 2. The van der Waals surface area contributed by atoms with E-state index in [4.69, 9.17) is 4.74 Å². The number of ether oxygens (including phenoxy) is 1. The highest BCUT2D eigenvalue weighted by atomic mass is 19.1.